The van der Waals surface area contributed by atoms with Gasteiger partial charge in [-0.25, -0.2) is 4.79 Å². The molecule has 1 saturated heterocycles. The summed E-state index contributed by atoms with van der Waals surface area (Å²) in [4.78, 5) is 27.8. The summed E-state index contributed by atoms with van der Waals surface area (Å²) in [6.07, 6.45) is -5.11. The van der Waals surface area contributed by atoms with E-state index in [4.69, 9.17) is 4.74 Å². The van der Waals surface area contributed by atoms with E-state index in [2.05, 4.69) is 0 Å². The van der Waals surface area contributed by atoms with Crippen LogP contribution in [0.15, 0.2) is 18.2 Å². The van der Waals surface area contributed by atoms with Crippen molar-refractivity contribution >= 4 is 34.6 Å². The van der Waals surface area contributed by atoms with Crippen LogP contribution in [0.4, 0.5) is 18.0 Å². The lowest BCUT2D eigenvalue weighted by Crippen LogP contribution is -2.56. The molecule has 0 aliphatic carbocycles. The summed E-state index contributed by atoms with van der Waals surface area (Å²) < 4.78 is 45.7. The highest BCUT2D eigenvalue weighted by molar-refractivity contribution is 14.1. The van der Waals surface area contributed by atoms with Crippen molar-refractivity contribution in [2.75, 3.05) is 19.6 Å². The predicted octanol–water partition coefficient (Wildman–Crippen LogP) is 4.39. The second-order valence-electron chi connectivity index (χ2n) is 7.46. The molecule has 1 aliphatic rings. The van der Waals surface area contributed by atoms with Gasteiger partial charge in [0, 0.05) is 29.2 Å². The predicted molar refractivity (Wildman–Crippen MR) is 102 cm³/mol. The molecule has 0 bridgehead atoms. The molecule has 2 amide bonds. The van der Waals surface area contributed by atoms with Gasteiger partial charge in [-0.05, 0) is 68.5 Å². The van der Waals surface area contributed by atoms with E-state index in [0.717, 1.165) is 6.07 Å². The van der Waals surface area contributed by atoms with Gasteiger partial charge in [0.05, 0.1) is 11.1 Å². The van der Waals surface area contributed by atoms with Gasteiger partial charge in [-0.1, -0.05) is 0 Å². The first kappa shape index (κ1) is 21.8. The van der Waals surface area contributed by atoms with Crippen LogP contribution in [0, 0.1) is 3.57 Å². The molecule has 1 heterocycles. The average Bonchev–Trinajstić information content (AvgIpc) is 2.51. The van der Waals surface area contributed by atoms with Crippen molar-refractivity contribution in [2.45, 2.75) is 45.5 Å². The molecule has 0 radical (unpaired) electrons. The van der Waals surface area contributed by atoms with Crippen molar-refractivity contribution in [3.63, 3.8) is 0 Å². The van der Waals surface area contributed by atoms with Crippen LogP contribution in [0.5, 0.6) is 0 Å². The molecule has 9 heteroatoms. The van der Waals surface area contributed by atoms with E-state index in [9.17, 15) is 22.8 Å². The van der Waals surface area contributed by atoms with Gasteiger partial charge in [0.15, 0.2) is 0 Å². The molecule has 1 aromatic rings. The third-order valence-corrected chi connectivity index (χ3v) is 4.73. The molecule has 5 nitrogen and oxygen atoms in total. The van der Waals surface area contributed by atoms with Gasteiger partial charge in [-0.2, -0.15) is 13.2 Å². The van der Waals surface area contributed by atoms with Gasteiger partial charge in [0.1, 0.15) is 5.60 Å². The lowest BCUT2D eigenvalue weighted by atomic mass is 10.0. The number of amides is 2. The van der Waals surface area contributed by atoms with Crippen molar-refractivity contribution in [3.8, 4) is 0 Å². The molecule has 0 spiro atoms. The fraction of sp³-hybridized carbons (Fsp3) is 0.556. The third kappa shape index (κ3) is 5.49. The minimum absolute atomic E-state index is 0.140. The fourth-order valence-corrected chi connectivity index (χ4v) is 3.33. The van der Waals surface area contributed by atoms with Crippen molar-refractivity contribution in [1.29, 1.82) is 0 Å². The summed E-state index contributed by atoms with van der Waals surface area (Å²) in [5.74, 6) is -0.686. The number of nitrogens with zero attached hydrogens (tertiary/aromatic N) is 2. The monoisotopic (exact) mass is 498 g/mol. The summed E-state index contributed by atoms with van der Waals surface area (Å²) in [6.45, 7) is 7.49. The molecule has 1 aromatic carbocycles. The molecule has 1 atom stereocenters. The Balaban J connectivity index is 2.16. The summed E-state index contributed by atoms with van der Waals surface area (Å²) in [5, 5.41) is 0. The Kier molecular flexibility index (Phi) is 6.33. The maximum Gasteiger partial charge on any atom is 0.417 e. The second kappa shape index (κ2) is 7.84. The number of piperazine rings is 1. The van der Waals surface area contributed by atoms with Crippen LogP contribution in [-0.2, 0) is 10.9 Å². The minimum atomic E-state index is -4.61. The van der Waals surface area contributed by atoms with Crippen molar-refractivity contribution in [2.24, 2.45) is 0 Å². The zero-order valence-electron chi connectivity index (χ0n) is 15.6. The van der Waals surface area contributed by atoms with Crippen LogP contribution in [0.3, 0.4) is 0 Å². The standard InChI is InChI=1S/C18H22F3IN2O3/c1-11-10-23(7-8-24(11)16(26)27-17(2,3)4)15(25)13-6-5-12(22)9-14(13)18(19,20)21/h5-6,9,11H,7-8,10H2,1-4H3/t11-/m0/s1. The number of benzene rings is 1. The van der Waals surface area contributed by atoms with E-state index in [1.165, 1.54) is 21.9 Å². The Morgan fingerprint density at radius 1 is 1.19 bits per heavy atom. The Labute approximate surface area is 170 Å². The average molecular weight is 498 g/mol. The smallest absolute Gasteiger partial charge is 0.417 e. The molecule has 150 valence electrons. The van der Waals surface area contributed by atoms with E-state index in [1.807, 2.05) is 0 Å². The Hall–Kier alpha value is -1.52. The second-order valence-corrected chi connectivity index (χ2v) is 8.71. The van der Waals surface area contributed by atoms with Gasteiger partial charge in [0.2, 0.25) is 0 Å². The van der Waals surface area contributed by atoms with Crippen LogP contribution >= 0.6 is 22.6 Å². The number of hydrogen-bond acceptors (Lipinski definition) is 3. The highest BCUT2D eigenvalue weighted by atomic mass is 127. The maximum atomic E-state index is 13.3. The normalized spacial score (nSPS) is 18.4. The van der Waals surface area contributed by atoms with Crippen LogP contribution in [0.2, 0.25) is 0 Å². The van der Waals surface area contributed by atoms with Crippen LogP contribution < -0.4 is 0 Å². The molecule has 1 fully saturated rings. The topological polar surface area (TPSA) is 49.9 Å². The lowest BCUT2D eigenvalue weighted by molar-refractivity contribution is -0.138. The van der Waals surface area contributed by atoms with E-state index >= 15 is 0 Å². The number of halogens is 4. The third-order valence-electron chi connectivity index (χ3n) is 4.06. The van der Waals surface area contributed by atoms with E-state index in [-0.39, 0.29) is 31.2 Å². The zero-order chi connectivity index (χ0) is 20.6. The summed E-state index contributed by atoms with van der Waals surface area (Å²) in [7, 11) is 0. The molecule has 0 saturated carbocycles. The summed E-state index contributed by atoms with van der Waals surface area (Å²) in [6, 6.07) is 3.28. The first-order valence-electron chi connectivity index (χ1n) is 8.45. The molecular weight excluding hydrogens is 476 g/mol. The fourth-order valence-electron chi connectivity index (χ4n) is 2.84. The number of hydrogen-bond donors (Lipinski definition) is 0. The van der Waals surface area contributed by atoms with Gasteiger partial charge in [-0.3, -0.25) is 4.79 Å². The van der Waals surface area contributed by atoms with E-state index in [0.29, 0.717) is 3.57 Å². The van der Waals surface area contributed by atoms with Crippen molar-refractivity contribution in [1.82, 2.24) is 9.80 Å². The largest absolute Gasteiger partial charge is 0.444 e. The quantitative estimate of drug-likeness (QED) is 0.540. The van der Waals surface area contributed by atoms with Gasteiger partial charge in [0.25, 0.3) is 5.91 Å². The molecule has 2 rings (SSSR count). The molecule has 0 N–H and O–H groups in total. The number of rotatable bonds is 1. The van der Waals surface area contributed by atoms with E-state index < -0.39 is 29.3 Å². The molecule has 1 aliphatic heterocycles. The number of alkyl halides is 3. The number of carbonyl (C=O) groups is 2. The zero-order valence-corrected chi connectivity index (χ0v) is 17.7. The molecule has 0 aromatic heterocycles. The number of carbonyl (C=O) groups excluding carboxylic acids is 2. The van der Waals surface area contributed by atoms with Crippen LogP contribution in [-0.4, -0.2) is 53.1 Å². The number of ether oxygens (including phenoxy) is 1. The first-order chi connectivity index (χ1) is 12.3. The SMILES string of the molecule is C[C@H]1CN(C(=O)c2ccc(I)cc2C(F)(F)F)CCN1C(=O)OC(C)(C)C. The highest BCUT2D eigenvalue weighted by Crippen LogP contribution is 2.34. The van der Waals surface area contributed by atoms with Crippen LogP contribution in [0.25, 0.3) is 0 Å². The van der Waals surface area contributed by atoms with Gasteiger partial charge >= 0.3 is 12.3 Å². The molecular formula is C18H22F3IN2O3. The highest BCUT2D eigenvalue weighted by Gasteiger charge is 2.38. The van der Waals surface area contributed by atoms with Gasteiger partial charge in [-0.15, -0.1) is 0 Å². The van der Waals surface area contributed by atoms with Gasteiger partial charge < -0.3 is 14.5 Å². The maximum absolute atomic E-state index is 13.3. The van der Waals surface area contributed by atoms with Crippen LogP contribution in [0.1, 0.15) is 43.6 Å². The lowest BCUT2D eigenvalue weighted by Gasteiger charge is -2.40. The Bertz CT molecular complexity index is 732. The first-order valence-corrected chi connectivity index (χ1v) is 9.53. The Morgan fingerprint density at radius 2 is 1.81 bits per heavy atom. The Morgan fingerprint density at radius 3 is 2.33 bits per heavy atom. The van der Waals surface area contributed by atoms with E-state index in [1.54, 1.807) is 50.3 Å². The summed E-state index contributed by atoms with van der Waals surface area (Å²) >= 11 is 1.78. The molecule has 0 unspecified atom stereocenters. The summed E-state index contributed by atoms with van der Waals surface area (Å²) in [5.41, 5.74) is -1.96. The minimum Gasteiger partial charge on any atom is -0.444 e. The van der Waals surface area contributed by atoms with Crippen molar-refractivity contribution in [3.05, 3.63) is 32.9 Å². The molecule has 27 heavy (non-hydrogen) atoms. The van der Waals surface area contributed by atoms with Crippen molar-refractivity contribution < 1.29 is 27.5 Å².